The molecule has 36 heavy (non-hydrogen) atoms. The van der Waals surface area contributed by atoms with Crippen LogP contribution < -0.4 is 10.6 Å². The lowest BCUT2D eigenvalue weighted by Crippen LogP contribution is -2.44. The van der Waals surface area contributed by atoms with E-state index in [1.165, 1.54) is 11.6 Å². The molecule has 196 valence electrons. The number of likely N-dealkylation sites (N-methyl/N-ethyl adjacent to an activating group) is 2. The minimum absolute atomic E-state index is 0.154. The maximum Gasteiger partial charge on any atom is 0.246 e. The first-order chi connectivity index (χ1) is 17.3. The van der Waals surface area contributed by atoms with Crippen LogP contribution in [0.15, 0.2) is 60.5 Å². The predicted molar refractivity (Wildman–Crippen MR) is 151 cm³/mol. The van der Waals surface area contributed by atoms with E-state index in [4.69, 9.17) is 12.8 Å². The molecule has 3 N–H and O–H groups in total. The number of unbranched alkanes of at least 4 members (excludes halogenated alkanes) is 1. The zero-order valence-electron chi connectivity index (χ0n) is 22.1. The van der Waals surface area contributed by atoms with Gasteiger partial charge in [-0.15, -0.1) is 18.8 Å². The number of terminal acetylenes is 2. The number of aliphatic hydroxyl groups is 1. The molecule has 1 unspecified atom stereocenters. The number of hydrogen-bond acceptors (Lipinski definition) is 5. The number of allylic oxidation sites excluding steroid dienone is 5. The third kappa shape index (κ3) is 13.6. The molecule has 1 aliphatic carbocycles. The highest BCUT2D eigenvalue weighted by molar-refractivity contribution is 5.84. The Kier molecular flexibility index (Phi) is 15.5. The van der Waals surface area contributed by atoms with Gasteiger partial charge in [0, 0.05) is 51.0 Å². The molecule has 6 nitrogen and oxygen atoms in total. The monoisotopic (exact) mass is 492 g/mol. The Balaban J connectivity index is 2.42. The zero-order chi connectivity index (χ0) is 26.8. The summed E-state index contributed by atoms with van der Waals surface area (Å²) in [6.45, 7) is 11.2. The average Bonchev–Trinajstić information content (AvgIpc) is 2.87. The molecule has 1 rings (SSSR count). The van der Waals surface area contributed by atoms with Crippen molar-refractivity contribution in [3.8, 4) is 24.7 Å². The molecule has 0 heterocycles. The number of nitrogens with zero attached hydrogens (tertiary/aromatic N) is 2. The van der Waals surface area contributed by atoms with Crippen LogP contribution in [-0.2, 0) is 4.79 Å². The fraction of sp³-hybridized carbons (Fsp3) is 0.500. The van der Waals surface area contributed by atoms with E-state index >= 15 is 0 Å². The first-order valence-electron chi connectivity index (χ1n) is 12.7. The highest BCUT2D eigenvalue weighted by Gasteiger charge is 2.17. The van der Waals surface area contributed by atoms with E-state index in [9.17, 15) is 9.90 Å². The Bertz CT molecular complexity index is 888. The number of aliphatic hydroxyl groups excluding tert-OH is 1. The maximum atomic E-state index is 12.6. The van der Waals surface area contributed by atoms with Gasteiger partial charge in [0.05, 0.1) is 6.10 Å². The van der Waals surface area contributed by atoms with Crippen LogP contribution >= 0.6 is 0 Å². The van der Waals surface area contributed by atoms with Crippen molar-refractivity contribution in [2.24, 2.45) is 0 Å². The lowest BCUT2D eigenvalue weighted by molar-refractivity contribution is -0.122. The summed E-state index contributed by atoms with van der Waals surface area (Å²) in [5.74, 6) is 4.67. The van der Waals surface area contributed by atoms with Crippen LogP contribution in [0.2, 0.25) is 0 Å². The van der Waals surface area contributed by atoms with E-state index in [1.54, 1.807) is 6.08 Å². The molecule has 0 spiro atoms. The summed E-state index contributed by atoms with van der Waals surface area (Å²) in [5, 5.41) is 15.9. The molecule has 0 aliphatic heterocycles. The maximum absolute atomic E-state index is 12.6. The number of nitrogens with one attached hydrogen (secondary N) is 2. The number of carbonyl (C=O) groups excluding carboxylic acids is 1. The Morgan fingerprint density at radius 3 is 2.69 bits per heavy atom. The summed E-state index contributed by atoms with van der Waals surface area (Å²) in [4.78, 5) is 17.1. The van der Waals surface area contributed by atoms with Gasteiger partial charge in [0.2, 0.25) is 5.91 Å². The summed E-state index contributed by atoms with van der Waals surface area (Å²) in [7, 11) is 4.18. The van der Waals surface area contributed by atoms with Gasteiger partial charge in [-0.25, -0.2) is 0 Å². The van der Waals surface area contributed by atoms with E-state index in [-0.39, 0.29) is 12.5 Å². The predicted octanol–water partition coefficient (Wildman–Crippen LogP) is 3.36. The summed E-state index contributed by atoms with van der Waals surface area (Å²) in [6.07, 6.45) is 25.3. The minimum atomic E-state index is -0.672. The van der Waals surface area contributed by atoms with Gasteiger partial charge in [0.1, 0.15) is 6.04 Å². The van der Waals surface area contributed by atoms with Gasteiger partial charge in [-0.3, -0.25) is 4.79 Å². The lowest BCUT2D eigenvalue weighted by Gasteiger charge is -2.26. The van der Waals surface area contributed by atoms with Crippen LogP contribution in [0, 0.1) is 24.7 Å². The first-order valence-corrected chi connectivity index (χ1v) is 12.7. The molecular weight excluding hydrogens is 448 g/mol. The molecule has 0 bridgehead atoms. The van der Waals surface area contributed by atoms with Crippen LogP contribution in [0.1, 0.15) is 44.9 Å². The molecule has 0 aromatic heterocycles. The van der Waals surface area contributed by atoms with Crippen molar-refractivity contribution in [2.45, 2.75) is 57.1 Å². The van der Waals surface area contributed by atoms with E-state index in [0.717, 1.165) is 44.6 Å². The standard InChI is InChI=1S/C30H44N4O2/c1-7-9-12-17-28(35)23-31-30(36)29(18-10-8-2)32-25(3)19-20-26(4)34(6)22-21-33(5)24-27-15-13-11-14-16-27/h1-2,10,13,15-16,18,28-29,32,35H,3-4,9,11-12,14,17,19-24H2,5-6H3,(H,31,36)/t28-,29?/m0/s1. The first kappa shape index (κ1) is 30.8. The second kappa shape index (κ2) is 18.1. The highest BCUT2D eigenvalue weighted by atomic mass is 16.3. The minimum Gasteiger partial charge on any atom is -0.391 e. The molecule has 0 fully saturated rings. The van der Waals surface area contributed by atoms with Crippen molar-refractivity contribution in [3.05, 3.63) is 60.5 Å². The van der Waals surface area contributed by atoms with Gasteiger partial charge in [-0.2, -0.15) is 0 Å². The highest BCUT2D eigenvalue weighted by Crippen LogP contribution is 2.13. The second-order valence-electron chi connectivity index (χ2n) is 9.23. The molecular formula is C30H44N4O2. The van der Waals surface area contributed by atoms with E-state index in [2.05, 4.69) is 70.7 Å². The Morgan fingerprint density at radius 1 is 1.25 bits per heavy atom. The smallest absolute Gasteiger partial charge is 0.246 e. The Labute approximate surface area is 218 Å². The van der Waals surface area contributed by atoms with E-state index in [0.29, 0.717) is 31.4 Å². The molecule has 6 heteroatoms. The average molecular weight is 493 g/mol. The van der Waals surface area contributed by atoms with Crippen molar-refractivity contribution in [1.29, 1.82) is 0 Å². The van der Waals surface area contributed by atoms with E-state index < -0.39 is 12.1 Å². The largest absolute Gasteiger partial charge is 0.391 e. The van der Waals surface area contributed by atoms with E-state index in [1.807, 2.05) is 7.05 Å². The topological polar surface area (TPSA) is 67.8 Å². The third-order valence-electron chi connectivity index (χ3n) is 5.99. The van der Waals surface area contributed by atoms with Crippen molar-refractivity contribution in [1.82, 2.24) is 20.4 Å². The molecule has 0 radical (unpaired) electrons. The Hall–Kier alpha value is -3.19. The molecule has 0 saturated carbocycles. The van der Waals surface area contributed by atoms with Crippen molar-refractivity contribution < 1.29 is 9.90 Å². The summed E-state index contributed by atoms with van der Waals surface area (Å²) in [5.41, 5.74) is 3.11. The Morgan fingerprint density at radius 2 is 2.03 bits per heavy atom. The number of rotatable bonds is 18. The van der Waals surface area contributed by atoms with Crippen LogP contribution in [0.4, 0.5) is 0 Å². The molecule has 2 atom stereocenters. The fourth-order valence-corrected chi connectivity index (χ4v) is 3.66. The van der Waals surface area contributed by atoms with Crippen molar-refractivity contribution in [2.75, 3.05) is 40.3 Å². The number of carbonyl (C=O) groups is 1. The summed E-state index contributed by atoms with van der Waals surface area (Å²) >= 11 is 0. The SMILES string of the molecule is C#CC=CC(NC(=C)CCC(=C)N(C)CCN(C)CC1=CCCC=C1)C(=O)NC[C@@H](O)CCCC#C. The van der Waals surface area contributed by atoms with Gasteiger partial charge in [-0.05, 0) is 63.3 Å². The van der Waals surface area contributed by atoms with Crippen LogP contribution in [0.25, 0.3) is 0 Å². The molecule has 0 aromatic rings. The second-order valence-corrected chi connectivity index (χ2v) is 9.23. The van der Waals surface area contributed by atoms with Crippen LogP contribution in [0.5, 0.6) is 0 Å². The van der Waals surface area contributed by atoms with Gasteiger partial charge in [-0.1, -0.05) is 37.3 Å². The zero-order valence-corrected chi connectivity index (χ0v) is 22.1. The van der Waals surface area contributed by atoms with Crippen LogP contribution in [0.3, 0.4) is 0 Å². The van der Waals surface area contributed by atoms with Crippen molar-refractivity contribution in [3.63, 3.8) is 0 Å². The number of hydrogen-bond donors (Lipinski definition) is 3. The molecule has 1 aliphatic rings. The van der Waals surface area contributed by atoms with Crippen LogP contribution in [-0.4, -0.2) is 73.2 Å². The summed E-state index contributed by atoms with van der Waals surface area (Å²) in [6, 6.07) is -0.672. The van der Waals surface area contributed by atoms with Gasteiger partial charge >= 0.3 is 0 Å². The fourth-order valence-electron chi connectivity index (χ4n) is 3.66. The van der Waals surface area contributed by atoms with Gasteiger partial charge in [0.15, 0.2) is 0 Å². The number of amides is 1. The normalized spacial score (nSPS) is 14.4. The third-order valence-corrected chi connectivity index (χ3v) is 5.99. The van der Waals surface area contributed by atoms with Gasteiger partial charge in [0.25, 0.3) is 0 Å². The van der Waals surface area contributed by atoms with Crippen molar-refractivity contribution >= 4 is 5.91 Å². The molecule has 0 aromatic carbocycles. The quantitative estimate of drug-likeness (QED) is 0.202. The molecule has 0 saturated heterocycles. The summed E-state index contributed by atoms with van der Waals surface area (Å²) < 4.78 is 0. The lowest BCUT2D eigenvalue weighted by atomic mass is 10.1. The molecule has 1 amide bonds. The van der Waals surface area contributed by atoms with Gasteiger partial charge < -0.3 is 25.5 Å².